The Bertz CT molecular complexity index is 194. The summed E-state index contributed by atoms with van der Waals surface area (Å²) < 4.78 is 0. The van der Waals surface area contributed by atoms with E-state index in [1.165, 1.54) is 38.1 Å². The van der Waals surface area contributed by atoms with Gasteiger partial charge in [-0.15, -0.1) is 0 Å². The molecule has 0 bridgehead atoms. The van der Waals surface area contributed by atoms with Gasteiger partial charge in [0, 0.05) is 38.0 Å². The van der Waals surface area contributed by atoms with Gasteiger partial charge in [-0.3, -0.25) is 4.90 Å². The Balaban J connectivity index is 1.57. The molecular weight excluding hydrogens is 204 g/mol. The van der Waals surface area contributed by atoms with E-state index in [0.717, 1.165) is 24.9 Å². The number of nitrogens with zero attached hydrogens (tertiary/aromatic N) is 1. The number of allylic oxidation sites excluding steroid dienone is 1. The fraction of sp³-hybridized carbons (Fsp3) is 0.833. The quantitative estimate of drug-likeness (QED) is 0.735. The molecule has 0 amide bonds. The molecule has 0 aliphatic carbocycles. The molecule has 1 atom stereocenters. The van der Waals surface area contributed by atoms with Crippen LogP contribution in [0.2, 0.25) is 0 Å². The largest absolute Gasteiger partial charge is 0.314 e. The predicted octanol–water partition coefficient (Wildman–Crippen LogP) is 1.73. The van der Waals surface area contributed by atoms with Crippen molar-refractivity contribution in [2.75, 3.05) is 38.5 Å². The highest BCUT2D eigenvalue weighted by molar-refractivity contribution is 8.00. The molecule has 2 heterocycles. The van der Waals surface area contributed by atoms with Crippen LogP contribution in [-0.2, 0) is 0 Å². The monoisotopic (exact) mass is 226 g/mol. The number of nitrogens with one attached hydrogen (secondary N) is 1. The Kier molecular flexibility index (Phi) is 5.03. The smallest absolute Gasteiger partial charge is 0.0164 e. The number of hydrogen-bond donors (Lipinski definition) is 1. The Labute approximate surface area is 97.5 Å². The van der Waals surface area contributed by atoms with Gasteiger partial charge in [0.2, 0.25) is 0 Å². The molecule has 0 aromatic heterocycles. The molecule has 0 saturated carbocycles. The van der Waals surface area contributed by atoms with Gasteiger partial charge in [0.1, 0.15) is 0 Å². The van der Waals surface area contributed by atoms with Crippen LogP contribution in [0.15, 0.2) is 12.2 Å². The first-order valence-electron chi connectivity index (χ1n) is 6.15. The zero-order valence-corrected chi connectivity index (χ0v) is 10.3. The van der Waals surface area contributed by atoms with Crippen molar-refractivity contribution in [2.45, 2.75) is 24.5 Å². The van der Waals surface area contributed by atoms with Gasteiger partial charge in [0.15, 0.2) is 0 Å². The van der Waals surface area contributed by atoms with E-state index in [2.05, 4.69) is 34.1 Å². The summed E-state index contributed by atoms with van der Waals surface area (Å²) in [6, 6.07) is 0. The van der Waals surface area contributed by atoms with Gasteiger partial charge in [0.05, 0.1) is 0 Å². The summed E-state index contributed by atoms with van der Waals surface area (Å²) in [5.41, 5.74) is 0. The SMILES string of the molecule is C(=C/CN1CCNCC1)/CC1CCCS1. The predicted molar refractivity (Wildman–Crippen MR) is 68.5 cm³/mol. The van der Waals surface area contributed by atoms with E-state index in [9.17, 15) is 0 Å². The summed E-state index contributed by atoms with van der Waals surface area (Å²) in [4.78, 5) is 2.52. The van der Waals surface area contributed by atoms with Crippen molar-refractivity contribution >= 4 is 11.8 Å². The molecule has 2 aliphatic heterocycles. The highest BCUT2D eigenvalue weighted by Gasteiger charge is 2.13. The molecule has 0 aromatic carbocycles. The van der Waals surface area contributed by atoms with Gasteiger partial charge < -0.3 is 5.32 Å². The molecule has 0 radical (unpaired) electrons. The average molecular weight is 226 g/mol. The highest BCUT2D eigenvalue weighted by Crippen LogP contribution is 2.28. The van der Waals surface area contributed by atoms with Gasteiger partial charge in [0.25, 0.3) is 0 Å². The zero-order valence-electron chi connectivity index (χ0n) is 9.45. The second kappa shape index (κ2) is 6.56. The van der Waals surface area contributed by atoms with Gasteiger partial charge in [-0.05, 0) is 25.0 Å². The maximum absolute atomic E-state index is 3.38. The minimum absolute atomic E-state index is 0.921. The maximum atomic E-state index is 3.38. The average Bonchev–Trinajstić information content (AvgIpc) is 2.79. The third kappa shape index (κ3) is 4.17. The van der Waals surface area contributed by atoms with Crippen LogP contribution < -0.4 is 5.32 Å². The summed E-state index contributed by atoms with van der Waals surface area (Å²) in [5.74, 6) is 1.39. The first-order chi connectivity index (χ1) is 7.45. The summed E-state index contributed by atoms with van der Waals surface area (Å²) in [5, 5.41) is 4.30. The van der Waals surface area contributed by atoms with Gasteiger partial charge in [-0.2, -0.15) is 11.8 Å². The maximum Gasteiger partial charge on any atom is 0.0164 e. The van der Waals surface area contributed by atoms with Crippen LogP contribution in [0.1, 0.15) is 19.3 Å². The second-order valence-corrected chi connectivity index (χ2v) is 5.80. The number of piperazine rings is 1. The van der Waals surface area contributed by atoms with E-state index in [-0.39, 0.29) is 0 Å². The van der Waals surface area contributed by atoms with Gasteiger partial charge >= 0.3 is 0 Å². The molecule has 0 spiro atoms. The molecule has 2 nitrogen and oxygen atoms in total. The topological polar surface area (TPSA) is 15.3 Å². The summed E-state index contributed by atoms with van der Waals surface area (Å²) >= 11 is 2.15. The molecule has 2 aliphatic rings. The minimum Gasteiger partial charge on any atom is -0.314 e. The van der Waals surface area contributed by atoms with Crippen LogP contribution in [0, 0.1) is 0 Å². The standard InChI is InChI=1S/C12H22N2S/c1(4-12-5-3-11-15-12)2-8-14-9-6-13-7-10-14/h1-2,12-13H,3-11H2/b2-1-. The third-order valence-corrected chi connectivity index (χ3v) is 4.59. The Morgan fingerprint density at radius 2 is 2.13 bits per heavy atom. The van der Waals surface area contributed by atoms with Crippen molar-refractivity contribution in [2.24, 2.45) is 0 Å². The molecular formula is C12H22N2S. The van der Waals surface area contributed by atoms with Crippen LogP contribution in [0.3, 0.4) is 0 Å². The number of rotatable bonds is 4. The molecule has 2 rings (SSSR count). The second-order valence-electron chi connectivity index (χ2n) is 4.39. The van der Waals surface area contributed by atoms with Crippen molar-refractivity contribution in [3.63, 3.8) is 0 Å². The normalized spacial score (nSPS) is 28.9. The third-order valence-electron chi connectivity index (χ3n) is 3.16. The molecule has 15 heavy (non-hydrogen) atoms. The van der Waals surface area contributed by atoms with Crippen molar-refractivity contribution in [3.05, 3.63) is 12.2 Å². The number of thioether (sulfide) groups is 1. The first kappa shape index (κ1) is 11.5. The van der Waals surface area contributed by atoms with Gasteiger partial charge in [-0.25, -0.2) is 0 Å². The molecule has 1 N–H and O–H groups in total. The molecule has 1 unspecified atom stereocenters. The summed E-state index contributed by atoms with van der Waals surface area (Å²) in [6.45, 7) is 5.89. The van der Waals surface area contributed by atoms with E-state index >= 15 is 0 Å². The Morgan fingerprint density at radius 3 is 2.87 bits per heavy atom. The lowest BCUT2D eigenvalue weighted by molar-refractivity contribution is 0.264. The molecule has 3 heteroatoms. The minimum atomic E-state index is 0.921. The van der Waals surface area contributed by atoms with Crippen LogP contribution in [0.25, 0.3) is 0 Å². The van der Waals surface area contributed by atoms with E-state index < -0.39 is 0 Å². The molecule has 86 valence electrons. The van der Waals surface area contributed by atoms with Gasteiger partial charge in [-0.1, -0.05) is 12.2 Å². The van der Waals surface area contributed by atoms with Crippen LogP contribution in [0.4, 0.5) is 0 Å². The van der Waals surface area contributed by atoms with Crippen molar-refractivity contribution in [1.29, 1.82) is 0 Å². The lowest BCUT2D eigenvalue weighted by atomic mass is 10.2. The lowest BCUT2D eigenvalue weighted by Crippen LogP contribution is -2.43. The van der Waals surface area contributed by atoms with Crippen molar-refractivity contribution in [1.82, 2.24) is 10.2 Å². The van der Waals surface area contributed by atoms with E-state index in [1.54, 1.807) is 0 Å². The Hall–Kier alpha value is 0.0100. The fourth-order valence-corrected chi connectivity index (χ4v) is 3.44. The molecule has 0 aromatic rings. The van der Waals surface area contributed by atoms with E-state index in [1.807, 2.05) is 0 Å². The van der Waals surface area contributed by atoms with E-state index in [4.69, 9.17) is 0 Å². The van der Waals surface area contributed by atoms with Crippen LogP contribution >= 0.6 is 11.8 Å². The van der Waals surface area contributed by atoms with Crippen LogP contribution in [-0.4, -0.2) is 48.6 Å². The molecule has 2 fully saturated rings. The van der Waals surface area contributed by atoms with Crippen molar-refractivity contribution < 1.29 is 0 Å². The zero-order chi connectivity index (χ0) is 10.3. The van der Waals surface area contributed by atoms with Crippen LogP contribution in [0.5, 0.6) is 0 Å². The molecule has 2 saturated heterocycles. The fourth-order valence-electron chi connectivity index (χ4n) is 2.20. The summed E-state index contributed by atoms with van der Waals surface area (Å²) in [7, 11) is 0. The highest BCUT2D eigenvalue weighted by atomic mass is 32.2. The summed E-state index contributed by atoms with van der Waals surface area (Å²) in [6.07, 6.45) is 8.91. The Morgan fingerprint density at radius 1 is 1.27 bits per heavy atom. The lowest BCUT2D eigenvalue weighted by Gasteiger charge is -2.25. The number of hydrogen-bond acceptors (Lipinski definition) is 3. The first-order valence-corrected chi connectivity index (χ1v) is 7.20. The van der Waals surface area contributed by atoms with E-state index in [0.29, 0.717) is 0 Å². The van der Waals surface area contributed by atoms with Crippen molar-refractivity contribution in [3.8, 4) is 0 Å².